The molecular weight excluding hydrogens is 487 g/mol. The molecule has 1 aliphatic carbocycles. The number of methoxy groups -OCH3 is 1. The third kappa shape index (κ3) is 3.10. The number of aromatic nitrogens is 1. The topological polar surface area (TPSA) is 45.3 Å². The van der Waals surface area contributed by atoms with Crippen molar-refractivity contribution >= 4 is 39.5 Å². The van der Waals surface area contributed by atoms with E-state index in [1.54, 1.807) is 0 Å². The lowest BCUT2D eigenvalue weighted by atomic mass is 9.62. The highest BCUT2D eigenvalue weighted by atomic mass is 127. The van der Waals surface area contributed by atoms with Crippen molar-refractivity contribution in [1.29, 1.82) is 0 Å². The van der Waals surface area contributed by atoms with Crippen molar-refractivity contribution in [3.63, 3.8) is 0 Å². The zero-order chi connectivity index (χ0) is 20.7. The van der Waals surface area contributed by atoms with Crippen LogP contribution in [0.3, 0.4) is 0 Å². The van der Waals surface area contributed by atoms with Crippen molar-refractivity contribution < 1.29 is 9.53 Å². The fourth-order valence-electron chi connectivity index (χ4n) is 5.52. The number of halogens is 1. The number of ether oxygens (including phenoxy) is 1. The van der Waals surface area contributed by atoms with E-state index in [-0.39, 0.29) is 17.8 Å². The largest absolute Gasteiger partial charge is 0.469 e. The Hall–Kier alpha value is -2.12. The minimum Gasteiger partial charge on any atom is -0.469 e. The third-order valence-corrected chi connectivity index (χ3v) is 8.05. The summed E-state index contributed by atoms with van der Waals surface area (Å²) in [5, 5.41) is 1.20. The average molecular weight is 512 g/mol. The molecule has 3 aromatic rings. The highest BCUT2D eigenvalue weighted by molar-refractivity contribution is 14.1. The summed E-state index contributed by atoms with van der Waals surface area (Å²) in [5.74, 6) is 0.160. The summed E-state index contributed by atoms with van der Waals surface area (Å²) in [6.45, 7) is 2.43. The maximum Gasteiger partial charge on any atom is 0.314 e. The predicted molar refractivity (Wildman–Crippen MR) is 127 cm³/mol. The van der Waals surface area contributed by atoms with Crippen LogP contribution in [0.25, 0.3) is 10.9 Å². The van der Waals surface area contributed by atoms with Gasteiger partial charge in [0.15, 0.2) is 0 Å². The summed E-state index contributed by atoms with van der Waals surface area (Å²) in [4.78, 5) is 19.3. The van der Waals surface area contributed by atoms with Crippen molar-refractivity contribution in [2.75, 3.05) is 20.2 Å². The highest BCUT2D eigenvalue weighted by Crippen LogP contribution is 2.57. The van der Waals surface area contributed by atoms with Crippen LogP contribution in [0.1, 0.15) is 23.5 Å². The van der Waals surface area contributed by atoms with E-state index >= 15 is 0 Å². The van der Waals surface area contributed by atoms with Crippen LogP contribution in [0.4, 0.5) is 0 Å². The lowest BCUT2D eigenvalue weighted by Crippen LogP contribution is -2.46. The molecule has 1 aliphatic heterocycles. The molecule has 3 unspecified atom stereocenters. The zero-order valence-corrected chi connectivity index (χ0v) is 19.1. The number of H-pyrrole nitrogens is 1. The highest BCUT2D eigenvalue weighted by Gasteiger charge is 2.60. The van der Waals surface area contributed by atoms with Crippen LogP contribution in [0.2, 0.25) is 0 Å². The number of allylic oxidation sites excluding steroid dienone is 1. The monoisotopic (exact) mass is 512 g/mol. The summed E-state index contributed by atoms with van der Waals surface area (Å²) in [6.07, 6.45) is 5.28. The van der Waals surface area contributed by atoms with E-state index in [4.69, 9.17) is 4.74 Å². The number of nitrogens with one attached hydrogen (secondary N) is 1. The molecule has 5 heteroatoms. The fourth-order valence-corrected chi connectivity index (χ4v) is 6.53. The van der Waals surface area contributed by atoms with Crippen molar-refractivity contribution in [1.82, 2.24) is 9.88 Å². The smallest absolute Gasteiger partial charge is 0.314 e. The Morgan fingerprint density at radius 2 is 1.93 bits per heavy atom. The molecule has 2 aliphatic rings. The molecule has 0 radical (unpaired) electrons. The molecule has 4 nitrogen and oxygen atoms in total. The second kappa shape index (κ2) is 7.85. The number of carbonyl (C=O) groups is 1. The van der Waals surface area contributed by atoms with Gasteiger partial charge in [0.25, 0.3) is 0 Å². The van der Waals surface area contributed by atoms with Gasteiger partial charge in [0.1, 0.15) is 0 Å². The molecule has 154 valence electrons. The quantitative estimate of drug-likeness (QED) is 0.383. The normalized spacial score (nSPS) is 26.4. The minimum absolute atomic E-state index is 0.0828. The van der Waals surface area contributed by atoms with Gasteiger partial charge in [-0.1, -0.05) is 54.6 Å². The second-order valence-corrected chi connectivity index (χ2v) is 9.65. The molecule has 2 heterocycles. The van der Waals surface area contributed by atoms with Crippen LogP contribution in [-0.4, -0.2) is 36.1 Å². The Morgan fingerprint density at radius 1 is 1.17 bits per heavy atom. The van der Waals surface area contributed by atoms with E-state index in [9.17, 15) is 4.79 Å². The van der Waals surface area contributed by atoms with Gasteiger partial charge in [0.05, 0.1) is 12.5 Å². The molecule has 2 aromatic carbocycles. The van der Waals surface area contributed by atoms with Gasteiger partial charge in [-0.15, -0.1) is 0 Å². The summed E-state index contributed by atoms with van der Waals surface area (Å²) >= 11 is 2.44. The van der Waals surface area contributed by atoms with Crippen LogP contribution in [0.5, 0.6) is 0 Å². The fraction of sp³-hybridized carbons (Fsp3) is 0.320. The Morgan fingerprint density at radius 3 is 2.73 bits per heavy atom. The van der Waals surface area contributed by atoms with Crippen molar-refractivity contribution in [3.8, 4) is 0 Å². The molecule has 5 rings (SSSR count). The van der Waals surface area contributed by atoms with Gasteiger partial charge in [0, 0.05) is 48.6 Å². The molecule has 0 saturated carbocycles. The van der Waals surface area contributed by atoms with Crippen LogP contribution in [0, 0.1) is 11.3 Å². The number of benzene rings is 2. The molecule has 1 fully saturated rings. The number of esters is 1. The van der Waals surface area contributed by atoms with E-state index in [1.165, 1.54) is 27.2 Å². The molecule has 1 saturated heterocycles. The molecule has 1 aromatic heterocycles. The van der Waals surface area contributed by atoms with Crippen LogP contribution < -0.4 is 0 Å². The Bertz CT molecular complexity index is 1110. The van der Waals surface area contributed by atoms with Gasteiger partial charge >= 0.3 is 5.97 Å². The number of fused-ring (bicyclic) bond motifs is 2. The Balaban J connectivity index is 1.59. The molecule has 1 N–H and O–H groups in total. The van der Waals surface area contributed by atoms with Crippen LogP contribution >= 0.6 is 22.6 Å². The van der Waals surface area contributed by atoms with Crippen molar-refractivity contribution in [3.05, 3.63) is 81.6 Å². The van der Waals surface area contributed by atoms with Gasteiger partial charge in [-0.3, -0.25) is 9.69 Å². The number of aromatic amines is 1. The average Bonchev–Trinajstić information content (AvgIpc) is 3.37. The lowest BCUT2D eigenvalue weighted by molar-refractivity contribution is -0.155. The molecule has 0 spiro atoms. The predicted octanol–water partition coefficient (Wildman–Crippen LogP) is 5.27. The summed E-state index contributed by atoms with van der Waals surface area (Å²) in [7, 11) is 1.53. The van der Waals surface area contributed by atoms with Crippen LogP contribution in [0.15, 0.2) is 70.5 Å². The maximum absolute atomic E-state index is 13.5. The van der Waals surface area contributed by atoms with Gasteiger partial charge in [-0.05, 0) is 49.8 Å². The number of hydrogen-bond donors (Lipinski definition) is 1. The molecule has 30 heavy (non-hydrogen) atoms. The molecule has 3 atom stereocenters. The summed E-state index contributed by atoms with van der Waals surface area (Å²) in [6, 6.07) is 18.9. The van der Waals surface area contributed by atoms with Crippen LogP contribution in [-0.2, 0) is 16.1 Å². The van der Waals surface area contributed by atoms with E-state index in [2.05, 4.69) is 87.2 Å². The van der Waals surface area contributed by atoms with Crippen molar-refractivity contribution in [2.24, 2.45) is 11.3 Å². The first-order valence-corrected chi connectivity index (χ1v) is 11.5. The van der Waals surface area contributed by atoms with E-state index in [0.29, 0.717) is 6.54 Å². The number of likely N-dealkylation sites (tertiary alicyclic amines) is 1. The zero-order valence-electron chi connectivity index (χ0n) is 17.0. The van der Waals surface area contributed by atoms with E-state index < -0.39 is 5.41 Å². The number of rotatable bonds is 4. The summed E-state index contributed by atoms with van der Waals surface area (Å²) < 4.78 is 6.76. The molecule has 0 amide bonds. The van der Waals surface area contributed by atoms with Gasteiger partial charge in [0.2, 0.25) is 0 Å². The number of nitrogens with zero attached hydrogens (tertiary/aromatic N) is 1. The van der Waals surface area contributed by atoms with Crippen molar-refractivity contribution in [2.45, 2.75) is 18.9 Å². The number of carbonyl (C=O) groups excluding carboxylic acids is 1. The Labute approximate surface area is 190 Å². The second-order valence-electron chi connectivity index (χ2n) is 8.41. The third-order valence-electron chi connectivity index (χ3n) is 6.86. The molecular formula is C25H25IN2O2. The summed E-state index contributed by atoms with van der Waals surface area (Å²) in [5.41, 5.74) is 3.05. The Kier molecular flexibility index (Phi) is 5.19. The standard InChI is InChI=1S/C25H25IN2O2/c1-30-24(29)25-16-28(14-17-7-3-2-4-8-17)15-21(25)22(26)12-11-20(25)19-13-27-23-10-6-5-9-18(19)23/h2-10,12-13,20-21,27H,11,14-16H2,1H3. The van der Waals surface area contributed by atoms with E-state index in [0.717, 1.165) is 25.0 Å². The van der Waals surface area contributed by atoms with Gasteiger partial charge < -0.3 is 9.72 Å². The molecule has 0 bridgehead atoms. The van der Waals surface area contributed by atoms with E-state index in [1.807, 2.05) is 12.1 Å². The minimum atomic E-state index is -0.570. The lowest BCUT2D eigenvalue weighted by Gasteiger charge is -2.42. The first kappa shape index (κ1) is 19.8. The number of para-hydroxylation sites is 1. The first-order chi connectivity index (χ1) is 14.6. The number of hydrogen-bond acceptors (Lipinski definition) is 3. The SMILES string of the molecule is COC(=O)C12CN(Cc3ccccc3)CC1C(I)=CCC2c1c[nH]c2ccccc12. The van der Waals surface area contributed by atoms with Gasteiger partial charge in [-0.2, -0.15) is 0 Å². The first-order valence-electron chi connectivity index (χ1n) is 10.4. The van der Waals surface area contributed by atoms with Gasteiger partial charge in [-0.25, -0.2) is 0 Å². The maximum atomic E-state index is 13.5.